The van der Waals surface area contributed by atoms with Crippen LogP contribution in [0.2, 0.25) is 0 Å². The van der Waals surface area contributed by atoms with Gasteiger partial charge in [0.05, 0.1) is 40.9 Å². The zero-order valence-electron chi connectivity index (χ0n) is 25.4. The van der Waals surface area contributed by atoms with Crippen LogP contribution >= 0.6 is 31.9 Å². The zero-order chi connectivity index (χ0) is 34.1. The molecule has 0 unspecified atom stereocenters. The molecule has 1 heterocycles. The van der Waals surface area contributed by atoms with Crippen LogP contribution in [0.3, 0.4) is 0 Å². The fraction of sp³-hybridized carbons (Fsp3) is 0.258. The lowest BCUT2D eigenvalue weighted by Crippen LogP contribution is -2.45. The molecule has 3 aromatic carbocycles. The van der Waals surface area contributed by atoms with Crippen LogP contribution in [0.1, 0.15) is 36.6 Å². The van der Waals surface area contributed by atoms with Gasteiger partial charge in [-0.05, 0) is 71.2 Å². The first-order valence-corrected chi connectivity index (χ1v) is 15.7. The Balaban J connectivity index is 1.41. The van der Waals surface area contributed by atoms with E-state index in [1.807, 2.05) is 24.3 Å². The summed E-state index contributed by atoms with van der Waals surface area (Å²) in [5.41, 5.74) is 4.60. The molecule has 16 heteroatoms. The molecule has 0 fully saturated rings. The standard InChI is InChI=1S/C31H31Br2N5O9/c1-4-45-25-13-20(28-27(30(40)44-3)17(2)35-31(41)36-28)7-10-24(25)46-16-26(39)37-34-14-19-11-22(33)29(23(12-19)38(42)43)47-15-18-5-8-21(32)9-6-18/h5-14,26,28,37,39H,4,15-16H2,1-3H3,(H2,35,36,41)/b34-14+/t26-,28-/m0/s1. The van der Waals surface area contributed by atoms with Crippen molar-refractivity contribution in [1.82, 2.24) is 16.1 Å². The Morgan fingerprint density at radius 1 is 1.13 bits per heavy atom. The van der Waals surface area contributed by atoms with E-state index in [1.165, 1.54) is 19.4 Å². The molecule has 0 spiro atoms. The van der Waals surface area contributed by atoms with E-state index in [9.17, 15) is 24.8 Å². The number of nitrogens with zero attached hydrogens (tertiary/aromatic N) is 2. The number of aliphatic hydroxyl groups is 1. The Kier molecular flexibility index (Phi) is 12.2. The van der Waals surface area contributed by atoms with Gasteiger partial charge in [-0.25, -0.2) is 9.59 Å². The molecule has 14 nitrogen and oxygen atoms in total. The number of hydrogen-bond acceptors (Lipinski definition) is 11. The van der Waals surface area contributed by atoms with Crippen LogP contribution < -0.4 is 30.3 Å². The highest BCUT2D eigenvalue weighted by molar-refractivity contribution is 9.10. The minimum absolute atomic E-state index is 0.0720. The first kappa shape index (κ1) is 35.2. The van der Waals surface area contributed by atoms with E-state index < -0.39 is 29.2 Å². The molecule has 1 aliphatic heterocycles. The first-order chi connectivity index (χ1) is 22.5. The number of halogens is 2. The Morgan fingerprint density at radius 3 is 2.55 bits per heavy atom. The van der Waals surface area contributed by atoms with Gasteiger partial charge in [0.1, 0.15) is 13.2 Å². The topological polar surface area (TPSA) is 183 Å². The average Bonchev–Trinajstić information content (AvgIpc) is 3.03. The highest BCUT2D eigenvalue weighted by atomic mass is 79.9. The summed E-state index contributed by atoms with van der Waals surface area (Å²) in [4.78, 5) is 35.8. The number of hydrazone groups is 1. The maximum atomic E-state index is 12.4. The molecule has 0 saturated heterocycles. The van der Waals surface area contributed by atoms with Crippen molar-refractivity contribution in [2.45, 2.75) is 32.7 Å². The maximum Gasteiger partial charge on any atom is 0.337 e. The molecular formula is C31H31Br2N5O9. The molecule has 47 heavy (non-hydrogen) atoms. The molecule has 4 N–H and O–H groups in total. The van der Waals surface area contributed by atoms with Crippen LogP contribution in [-0.4, -0.2) is 54.8 Å². The summed E-state index contributed by atoms with van der Waals surface area (Å²) in [6, 6.07) is 13.9. The highest BCUT2D eigenvalue weighted by Crippen LogP contribution is 2.37. The third-order valence-corrected chi connectivity index (χ3v) is 7.77. The number of amides is 2. The van der Waals surface area contributed by atoms with Gasteiger partial charge in [0.25, 0.3) is 0 Å². The summed E-state index contributed by atoms with van der Waals surface area (Å²) in [6.45, 7) is 3.55. The van der Waals surface area contributed by atoms with Crippen molar-refractivity contribution in [3.8, 4) is 17.2 Å². The van der Waals surface area contributed by atoms with Gasteiger partial charge in [0, 0.05) is 21.8 Å². The van der Waals surface area contributed by atoms with Crippen molar-refractivity contribution in [2.75, 3.05) is 20.3 Å². The molecule has 0 aromatic heterocycles. The third kappa shape index (κ3) is 9.21. The van der Waals surface area contributed by atoms with E-state index in [4.69, 9.17) is 18.9 Å². The number of ether oxygens (including phenoxy) is 4. The Labute approximate surface area is 286 Å². The number of nitro groups is 1. The normalized spacial score (nSPS) is 15.0. The highest BCUT2D eigenvalue weighted by Gasteiger charge is 2.32. The molecule has 0 radical (unpaired) electrons. The minimum Gasteiger partial charge on any atom is -0.490 e. The quantitative estimate of drug-likeness (QED) is 0.0557. The summed E-state index contributed by atoms with van der Waals surface area (Å²) in [6.07, 6.45) is 0.0364. The van der Waals surface area contributed by atoms with Crippen molar-refractivity contribution in [1.29, 1.82) is 0 Å². The van der Waals surface area contributed by atoms with Crippen molar-refractivity contribution in [3.63, 3.8) is 0 Å². The molecular weight excluding hydrogens is 746 g/mol. The lowest BCUT2D eigenvalue weighted by Gasteiger charge is -2.28. The van der Waals surface area contributed by atoms with E-state index in [0.29, 0.717) is 32.8 Å². The van der Waals surface area contributed by atoms with Gasteiger partial charge in [0.2, 0.25) is 5.75 Å². The van der Waals surface area contributed by atoms with Gasteiger partial charge in [-0.1, -0.05) is 34.1 Å². The molecule has 0 aliphatic carbocycles. The Hall–Kier alpha value is -4.67. The number of methoxy groups -OCH3 is 1. The van der Waals surface area contributed by atoms with Crippen LogP contribution in [0, 0.1) is 10.1 Å². The first-order valence-electron chi connectivity index (χ1n) is 14.1. The fourth-order valence-corrected chi connectivity index (χ4v) is 5.35. The number of rotatable bonds is 14. The second-order valence-electron chi connectivity index (χ2n) is 9.94. The van der Waals surface area contributed by atoms with Crippen molar-refractivity contribution < 1.29 is 38.6 Å². The van der Waals surface area contributed by atoms with Crippen LogP contribution in [0.5, 0.6) is 17.2 Å². The number of carbonyl (C=O) groups excluding carboxylic acids is 2. The van der Waals surface area contributed by atoms with Gasteiger partial charge in [-0.15, -0.1) is 0 Å². The van der Waals surface area contributed by atoms with Crippen LogP contribution in [0.25, 0.3) is 0 Å². The molecule has 1 aliphatic rings. The average molecular weight is 777 g/mol. The Bertz CT molecular complexity index is 1700. The van der Waals surface area contributed by atoms with Crippen LogP contribution in [-0.2, 0) is 16.1 Å². The summed E-state index contributed by atoms with van der Waals surface area (Å²) in [5, 5.41) is 31.5. The van der Waals surface area contributed by atoms with Crippen molar-refractivity contribution in [2.24, 2.45) is 5.10 Å². The number of nitrogens with one attached hydrogen (secondary N) is 3. The minimum atomic E-state index is -1.27. The van der Waals surface area contributed by atoms with E-state index in [1.54, 1.807) is 38.1 Å². The summed E-state index contributed by atoms with van der Waals surface area (Å²) in [7, 11) is 1.25. The van der Waals surface area contributed by atoms with Crippen molar-refractivity contribution >= 4 is 55.8 Å². The van der Waals surface area contributed by atoms with Gasteiger partial charge < -0.3 is 34.7 Å². The van der Waals surface area contributed by atoms with Gasteiger partial charge in [-0.2, -0.15) is 5.10 Å². The molecule has 248 valence electrons. The van der Waals surface area contributed by atoms with Gasteiger partial charge in [0.15, 0.2) is 17.7 Å². The molecule has 0 saturated carbocycles. The van der Waals surface area contributed by atoms with Crippen molar-refractivity contribution in [3.05, 3.63) is 102 Å². The predicted octanol–water partition coefficient (Wildman–Crippen LogP) is 5.22. The fourth-order valence-electron chi connectivity index (χ4n) is 4.51. The van der Waals surface area contributed by atoms with Gasteiger partial charge in [-0.3, -0.25) is 15.5 Å². The monoisotopic (exact) mass is 775 g/mol. The number of allylic oxidation sites excluding steroid dienone is 1. The van der Waals surface area contributed by atoms with Gasteiger partial charge >= 0.3 is 17.7 Å². The SMILES string of the molecule is CCOc1cc([C@@H]2NC(=O)NC(C)=C2C(=O)OC)ccc1OC[C@H](O)N/N=C/c1cc(Br)c(OCc2ccc(Br)cc2)c([N+](=O)[O-])c1. The van der Waals surface area contributed by atoms with Crippen LogP contribution in [0.4, 0.5) is 10.5 Å². The van der Waals surface area contributed by atoms with E-state index >= 15 is 0 Å². The zero-order valence-corrected chi connectivity index (χ0v) is 28.6. The largest absolute Gasteiger partial charge is 0.490 e. The second-order valence-corrected chi connectivity index (χ2v) is 11.7. The molecule has 0 bridgehead atoms. The number of nitro benzene ring substituents is 1. The lowest BCUT2D eigenvalue weighted by molar-refractivity contribution is -0.386. The lowest BCUT2D eigenvalue weighted by atomic mass is 9.95. The number of carbonyl (C=O) groups is 2. The number of hydrogen-bond donors (Lipinski definition) is 4. The van der Waals surface area contributed by atoms with Crippen LogP contribution in [0.15, 0.2) is 79.9 Å². The Morgan fingerprint density at radius 2 is 1.87 bits per heavy atom. The summed E-state index contributed by atoms with van der Waals surface area (Å²) < 4.78 is 23.4. The number of urea groups is 1. The maximum absolute atomic E-state index is 12.4. The summed E-state index contributed by atoms with van der Waals surface area (Å²) in [5.74, 6) is 0.0769. The molecule has 3 aromatic rings. The van der Waals surface area contributed by atoms with E-state index in [2.05, 4.69) is 53.0 Å². The molecule has 2 atom stereocenters. The predicted molar refractivity (Wildman–Crippen MR) is 178 cm³/mol. The third-order valence-electron chi connectivity index (χ3n) is 6.65. The van der Waals surface area contributed by atoms with E-state index in [-0.39, 0.29) is 36.8 Å². The number of benzene rings is 3. The van der Waals surface area contributed by atoms with E-state index in [0.717, 1.165) is 10.0 Å². The number of aliphatic hydroxyl groups excluding tert-OH is 1. The molecule has 2 amide bonds. The second kappa shape index (κ2) is 16.2. The smallest absolute Gasteiger partial charge is 0.337 e. The summed E-state index contributed by atoms with van der Waals surface area (Å²) >= 11 is 6.71. The number of esters is 1. The molecule has 4 rings (SSSR count).